The first-order valence-electron chi connectivity index (χ1n) is 9.57. The van der Waals surface area contributed by atoms with Gasteiger partial charge in [-0.05, 0) is 24.6 Å². The van der Waals surface area contributed by atoms with Crippen molar-refractivity contribution >= 4 is 22.6 Å². The van der Waals surface area contributed by atoms with Crippen LogP contribution in [0.2, 0.25) is 0 Å². The van der Waals surface area contributed by atoms with Gasteiger partial charge in [-0.15, -0.1) is 6.58 Å². The summed E-state index contributed by atoms with van der Waals surface area (Å²) in [6.45, 7) is 6.56. The summed E-state index contributed by atoms with van der Waals surface area (Å²) in [5.41, 5.74) is 0.946. The van der Waals surface area contributed by atoms with Crippen LogP contribution in [0.1, 0.15) is 43.0 Å². The monoisotopic (exact) mass is 379 g/mol. The second-order valence-corrected chi connectivity index (χ2v) is 6.70. The van der Waals surface area contributed by atoms with E-state index in [-0.39, 0.29) is 16.6 Å². The van der Waals surface area contributed by atoms with Crippen molar-refractivity contribution in [2.24, 2.45) is 0 Å². The van der Waals surface area contributed by atoms with Crippen LogP contribution in [0.5, 0.6) is 0 Å². The zero-order valence-electron chi connectivity index (χ0n) is 16.1. The summed E-state index contributed by atoms with van der Waals surface area (Å²) in [5, 5.41) is 11.6. The van der Waals surface area contributed by atoms with Gasteiger partial charge in [-0.2, -0.15) is 0 Å². The minimum absolute atomic E-state index is 0.0674. The molecular formula is C21H25N5O2. The van der Waals surface area contributed by atoms with E-state index in [0.29, 0.717) is 29.8 Å². The molecule has 7 heteroatoms. The number of aromatic nitrogens is 3. The van der Waals surface area contributed by atoms with E-state index in [1.54, 1.807) is 29.0 Å². The minimum atomic E-state index is -0.397. The third-order valence-corrected chi connectivity index (χ3v) is 4.71. The summed E-state index contributed by atoms with van der Waals surface area (Å²) >= 11 is 0. The van der Waals surface area contributed by atoms with Gasteiger partial charge in [0.05, 0.1) is 10.9 Å². The predicted molar refractivity (Wildman–Crippen MR) is 109 cm³/mol. The van der Waals surface area contributed by atoms with Gasteiger partial charge in [0.2, 0.25) is 0 Å². The second-order valence-electron chi connectivity index (χ2n) is 6.70. The van der Waals surface area contributed by atoms with Gasteiger partial charge in [0.15, 0.2) is 0 Å². The number of amides is 1. The number of carbonyl (C=O) groups excluding carboxylic acids is 1. The van der Waals surface area contributed by atoms with Crippen LogP contribution in [-0.2, 0) is 6.54 Å². The smallest absolute Gasteiger partial charge is 0.267 e. The molecule has 3 aromatic heterocycles. The SMILES string of the molecule is C=CCNC(=O)c1cc2c(=O)n3ccccc3nc2n(CCCCCC)c1=N. The molecule has 0 aromatic carbocycles. The van der Waals surface area contributed by atoms with Gasteiger partial charge in [-0.3, -0.25) is 19.4 Å². The lowest BCUT2D eigenvalue weighted by molar-refractivity contribution is 0.0955. The van der Waals surface area contributed by atoms with Crippen molar-refractivity contribution in [1.29, 1.82) is 5.41 Å². The van der Waals surface area contributed by atoms with Crippen LogP contribution < -0.4 is 16.4 Å². The van der Waals surface area contributed by atoms with E-state index in [9.17, 15) is 9.59 Å². The van der Waals surface area contributed by atoms with Crippen LogP contribution in [0.3, 0.4) is 0 Å². The molecule has 0 aliphatic rings. The molecule has 28 heavy (non-hydrogen) atoms. The molecule has 0 spiro atoms. The molecule has 0 atom stereocenters. The lowest BCUT2D eigenvalue weighted by Gasteiger charge is -2.14. The van der Waals surface area contributed by atoms with Gasteiger partial charge in [-0.1, -0.05) is 38.3 Å². The summed E-state index contributed by atoms with van der Waals surface area (Å²) < 4.78 is 3.14. The Hall–Kier alpha value is -3.22. The van der Waals surface area contributed by atoms with Gasteiger partial charge in [-0.25, -0.2) is 4.98 Å². The van der Waals surface area contributed by atoms with Crippen molar-refractivity contribution in [2.75, 3.05) is 6.54 Å². The summed E-state index contributed by atoms with van der Waals surface area (Å²) in [7, 11) is 0. The van der Waals surface area contributed by atoms with Gasteiger partial charge in [0.25, 0.3) is 11.5 Å². The fraction of sp³-hybridized carbons (Fsp3) is 0.333. The standard InChI is InChI=1S/C21H25N5O2/c1-3-5-6-8-13-26-18(22)15(20(27)23-11-4-2)14-16-19(26)24-17-10-7-9-12-25(17)21(16)28/h4,7,9-10,12,14,22H,2-3,5-6,8,11,13H2,1H3,(H,23,27). The van der Waals surface area contributed by atoms with E-state index in [0.717, 1.165) is 25.7 Å². The second kappa shape index (κ2) is 8.65. The van der Waals surface area contributed by atoms with Crippen molar-refractivity contribution in [3.05, 3.63) is 64.5 Å². The third kappa shape index (κ3) is 3.74. The highest BCUT2D eigenvalue weighted by Crippen LogP contribution is 2.12. The molecule has 3 heterocycles. The topological polar surface area (TPSA) is 92.2 Å². The molecule has 7 nitrogen and oxygen atoms in total. The Morgan fingerprint density at radius 3 is 2.89 bits per heavy atom. The van der Waals surface area contributed by atoms with Gasteiger partial charge >= 0.3 is 0 Å². The van der Waals surface area contributed by atoms with Crippen molar-refractivity contribution in [3.63, 3.8) is 0 Å². The number of rotatable bonds is 8. The number of unbranched alkanes of at least 4 members (excludes halogenated alkanes) is 3. The maximum atomic E-state index is 13.0. The summed E-state index contributed by atoms with van der Waals surface area (Å²) in [5.74, 6) is -0.397. The quantitative estimate of drug-likeness (QED) is 0.358. The average molecular weight is 379 g/mol. The molecule has 2 N–H and O–H groups in total. The maximum absolute atomic E-state index is 13.0. The number of aryl methyl sites for hydroxylation is 1. The lowest BCUT2D eigenvalue weighted by atomic mass is 10.1. The van der Waals surface area contributed by atoms with Gasteiger partial charge in [0.1, 0.15) is 16.8 Å². The van der Waals surface area contributed by atoms with Crippen molar-refractivity contribution < 1.29 is 4.79 Å². The molecule has 0 unspecified atom stereocenters. The van der Waals surface area contributed by atoms with Crippen molar-refractivity contribution in [1.82, 2.24) is 19.3 Å². The summed E-state index contributed by atoms with van der Waals surface area (Å²) in [6, 6.07) is 6.82. The molecule has 0 bridgehead atoms. The Balaban J connectivity index is 2.23. The maximum Gasteiger partial charge on any atom is 0.267 e. The van der Waals surface area contributed by atoms with E-state index in [1.807, 2.05) is 6.07 Å². The molecule has 146 valence electrons. The van der Waals surface area contributed by atoms with E-state index >= 15 is 0 Å². The Kier molecular flexibility index (Phi) is 6.03. The predicted octanol–water partition coefficient (Wildman–Crippen LogP) is 2.62. The summed E-state index contributed by atoms with van der Waals surface area (Å²) in [4.78, 5) is 30.2. The van der Waals surface area contributed by atoms with Crippen molar-refractivity contribution in [3.8, 4) is 0 Å². The highest BCUT2D eigenvalue weighted by molar-refractivity contribution is 5.96. The van der Waals surface area contributed by atoms with E-state index in [2.05, 4.69) is 23.8 Å². The minimum Gasteiger partial charge on any atom is -0.348 e. The van der Waals surface area contributed by atoms with Crippen LogP contribution >= 0.6 is 0 Å². The highest BCUT2D eigenvalue weighted by atomic mass is 16.1. The van der Waals surface area contributed by atoms with E-state index < -0.39 is 5.91 Å². The van der Waals surface area contributed by atoms with Crippen LogP contribution in [0.15, 0.2) is 47.9 Å². The van der Waals surface area contributed by atoms with Crippen LogP contribution in [0.25, 0.3) is 16.7 Å². The largest absolute Gasteiger partial charge is 0.348 e. The Morgan fingerprint density at radius 1 is 1.32 bits per heavy atom. The third-order valence-electron chi connectivity index (χ3n) is 4.71. The number of pyridine rings is 2. The highest BCUT2D eigenvalue weighted by Gasteiger charge is 2.17. The Labute approximate surface area is 162 Å². The fourth-order valence-corrected chi connectivity index (χ4v) is 3.23. The molecule has 0 saturated heterocycles. The Bertz CT molecular complexity index is 1140. The van der Waals surface area contributed by atoms with Crippen molar-refractivity contribution in [2.45, 2.75) is 39.2 Å². The van der Waals surface area contributed by atoms with Crippen LogP contribution in [0.4, 0.5) is 0 Å². The number of fused-ring (bicyclic) bond motifs is 2. The average Bonchev–Trinajstić information content (AvgIpc) is 2.71. The zero-order valence-corrected chi connectivity index (χ0v) is 16.1. The number of nitrogens with zero attached hydrogens (tertiary/aromatic N) is 3. The first kappa shape index (κ1) is 19.5. The molecule has 3 rings (SSSR count). The van der Waals surface area contributed by atoms with Gasteiger partial charge < -0.3 is 9.88 Å². The lowest BCUT2D eigenvalue weighted by Crippen LogP contribution is -2.35. The first-order chi connectivity index (χ1) is 13.6. The number of carbonyl (C=O) groups is 1. The Morgan fingerprint density at radius 2 is 2.14 bits per heavy atom. The molecule has 0 aliphatic heterocycles. The van der Waals surface area contributed by atoms with Crippen LogP contribution in [-0.4, -0.2) is 26.4 Å². The summed E-state index contributed by atoms with van der Waals surface area (Å²) in [6.07, 6.45) is 7.31. The fourth-order valence-electron chi connectivity index (χ4n) is 3.23. The van der Waals surface area contributed by atoms with E-state index in [4.69, 9.17) is 5.41 Å². The molecule has 0 aliphatic carbocycles. The normalized spacial score (nSPS) is 11.0. The molecule has 3 aromatic rings. The molecule has 0 saturated carbocycles. The number of hydrogen-bond donors (Lipinski definition) is 2. The first-order valence-corrected chi connectivity index (χ1v) is 9.57. The number of nitrogens with one attached hydrogen (secondary N) is 2. The molecule has 1 amide bonds. The van der Waals surface area contributed by atoms with Crippen LogP contribution in [0, 0.1) is 5.41 Å². The molecular weight excluding hydrogens is 354 g/mol. The number of hydrogen-bond acceptors (Lipinski definition) is 4. The molecule has 0 fully saturated rings. The molecule has 0 radical (unpaired) electrons. The van der Waals surface area contributed by atoms with E-state index in [1.165, 1.54) is 10.5 Å². The van der Waals surface area contributed by atoms with Gasteiger partial charge in [0, 0.05) is 19.3 Å². The zero-order chi connectivity index (χ0) is 20.1.